The van der Waals surface area contributed by atoms with Crippen LogP contribution in [0, 0.1) is 0 Å². The first kappa shape index (κ1) is 44.8. The Labute approximate surface area is 331 Å². The van der Waals surface area contributed by atoms with E-state index in [2.05, 4.69) is 40.5 Å². The van der Waals surface area contributed by atoms with Crippen LogP contribution < -0.4 is 10.6 Å². The van der Waals surface area contributed by atoms with E-state index in [9.17, 15) is 28.0 Å². The number of rotatable bonds is 18. The van der Waals surface area contributed by atoms with E-state index < -0.39 is 54.3 Å². The summed E-state index contributed by atoms with van der Waals surface area (Å²) >= 11 is 0. The lowest BCUT2D eigenvalue weighted by Crippen LogP contribution is -2.16. The van der Waals surface area contributed by atoms with Crippen molar-refractivity contribution in [3.8, 4) is 0 Å². The molecule has 312 valence electrons. The fourth-order valence-corrected chi connectivity index (χ4v) is 10.8. The molecule has 0 aliphatic heterocycles. The van der Waals surface area contributed by atoms with Gasteiger partial charge in [0.25, 0.3) is 0 Å². The molecule has 4 atom stereocenters. The third kappa shape index (κ3) is 13.7. The average Bonchev–Trinajstić information content (AvgIpc) is 3.76. The third-order valence-electron chi connectivity index (χ3n) is 7.88. The molecule has 26 heteroatoms. The number of benzene rings is 2. The van der Waals surface area contributed by atoms with Gasteiger partial charge in [0.15, 0.2) is 34.7 Å². The van der Waals surface area contributed by atoms with Gasteiger partial charge in [-0.25, -0.2) is 29.9 Å². The Balaban J connectivity index is 0.000000221. The molecule has 0 fully saturated rings. The van der Waals surface area contributed by atoms with Gasteiger partial charge < -0.3 is 58.2 Å². The lowest BCUT2D eigenvalue weighted by molar-refractivity contribution is 0.174. The van der Waals surface area contributed by atoms with Crippen LogP contribution in [0.3, 0.4) is 0 Å². The fourth-order valence-electron chi connectivity index (χ4n) is 5.45. The van der Waals surface area contributed by atoms with Gasteiger partial charge in [-0.2, -0.15) is 0 Å². The molecular formula is C32H42N10O12P4. The van der Waals surface area contributed by atoms with Crippen LogP contribution >= 0.6 is 30.4 Å². The zero-order valence-corrected chi connectivity index (χ0v) is 34.6. The smallest absolute Gasteiger partial charge is 0.340 e. The van der Waals surface area contributed by atoms with Crippen molar-refractivity contribution >= 4 is 64.3 Å². The maximum Gasteiger partial charge on any atom is 0.340 e. The standard InChI is InChI=1S/2C16H21N5O6P2/c1-12(8-27-29(25,26)11-28(22,23)24)21-10-20-14-15(18-9-19-16(14)21)17-7-13-5-3-2-4-6-13;1-12(27-29(25,26)11-28(22,23)24)8-21-10-20-14-15(18-9-19-16(14)21)17-7-13-5-3-2-4-6-13/h2*2-6,9-10,12H,7-8,11H2,1H3,(H,25,26)(H,17,18,19)(H2,22,23,24). The molecule has 0 aliphatic carbocycles. The lowest BCUT2D eigenvalue weighted by Gasteiger charge is -2.18. The minimum atomic E-state index is -4.68. The highest BCUT2D eigenvalue weighted by molar-refractivity contribution is 7.70. The van der Waals surface area contributed by atoms with Crippen LogP contribution in [0.5, 0.6) is 0 Å². The van der Waals surface area contributed by atoms with Gasteiger partial charge in [0.05, 0.1) is 38.0 Å². The summed E-state index contributed by atoms with van der Waals surface area (Å²) in [6.07, 6.45) is 4.95. The second-order valence-corrected chi connectivity index (χ2v) is 20.9. The largest absolute Gasteiger partial charge is 0.364 e. The maximum atomic E-state index is 11.9. The average molecular weight is 883 g/mol. The Hall–Kier alpha value is -4.26. The summed E-state index contributed by atoms with van der Waals surface area (Å²) in [5.74, 6) is -1.38. The Morgan fingerprint density at radius 2 is 1.12 bits per heavy atom. The minimum absolute atomic E-state index is 0.108. The zero-order chi connectivity index (χ0) is 42.1. The quantitative estimate of drug-likeness (QED) is 0.0551. The van der Waals surface area contributed by atoms with Gasteiger partial charge in [-0.05, 0) is 25.0 Å². The van der Waals surface area contributed by atoms with E-state index in [0.717, 1.165) is 11.1 Å². The van der Waals surface area contributed by atoms with Crippen molar-refractivity contribution in [2.24, 2.45) is 0 Å². The number of nitrogens with zero attached hydrogens (tertiary/aromatic N) is 8. The van der Waals surface area contributed by atoms with Gasteiger partial charge >= 0.3 is 30.4 Å². The number of nitrogens with one attached hydrogen (secondary N) is 2. The summed E-state index contributed by atoms with van der Waals surface area (Å²) in [6, 6.07) is 19.1. The molecule has 0 spiro atoms. The summed E-state index contributed by atoms with van der Waals surface area (Å²) in [4.78, 5) is 80.3. The number of hydrogen-bond donors (Lipinski definition) is 8. The SMILES string of the molecule is CC(COP(=O)(O)CP(=O)(O)O)n1cnc2c(NCc3ccccc3)ncnc21.CC(Cn1cnc2c(NCc3ccccc3)ncnc21)OP(=O)(O)CP(=O)(O)O. The molecular weight excluding hydrogens is 840 g/mol. The van der Waals surface area contributed by atoms with Gasteiger partial charge in [-0.15, -0.1) is 0 Å². The zero-order valence-electron chi connectivity index (χ0n) is 31.0. The maximum absolute atomic E-state index is 11.9. The highest BCUT2D eigenvalue weighted by atomic mass is 31.2. The number of imidazole rings is 2. The number of hydrogen-bond acceptors (Lipinski definition) is 14. The van der Waals surface area contributed by atoms with E-state index in [1.165, 1.54) is 32.2 Å². The van der Waals surface area contributed by atoms with E-state index in [1.54, 1.807) is 16.1 Å². The van der Waals surface area contributed by atoms with Crippen LogP contribution in [-0.2, 0) is 46.9 Å². The van der Waals surface area contributed by atoms with Gasteiger partial charge in [-0.3, -0.25) is 18.3 Å². The van der Waals surface area contributed by atoms with Gasteiger partial charge in [0, 0.05) is 13.1 Å². The molecule has 2 aromatic carbocycles. The van der Waals surface area contributed by atoms with Crippen molar-refractivity contribution in [3.63, 3.8) is 0 Å². The lowest BCUT2D eigenvalue weighted by atomic mass is 10.2. The molecule has 4 unspecified atom stereocenters. The van der Waals surface area contributed by atoms with Gasteiger partial charge in [0.1, 0.15) is 23.7 Å². The summed E-state index contributed by atoms with van der Waals surface area (Å²) in [5, 5.41) is 6.41. The molecule has 0 radical (unpaired) electrons. The van der Waals surface area contributed by atoms with Crippen molar-refractivity contribution in [3.05, 3.63) is 97.1 Å². The highest BCUT2D eigenvalue weighted by Gasteiger charge is 2.33. The van der Waals surface area contributed by atoms with E-state index in [1.807, 2.05) is 60.7 Å². The first-order valence-electron chi connectivity index (χ1n) is 17.2. The summed E-state index contributed by atoms with van der Waals surface area (Å²) in [6.45, 7) is 4.18. The summed E-state index contributed by atoms with van der Waals surface area (Å²) in [5.41, 5.74) is 4.19. The molecule has 4 heterocycles. The third-order valence-corrected chi connectivity index (χ3v) is 14.9. The topological polar surface area (TPSA) is 319 Å². The summed E-state index contributed by atoms with van der Waals surface area (Å²) < 4.78 is 58.7. The van der Waals surface area contributed by atoms with E-state index in [4.69, 9.17) is 28.6 Å². The van der Waals surface area contributed by atoms with Crippen LogP contribution in [0.1, 0.15) is 31.0 Å². The van der Waals surface area contributed by atoms with E-state index in [-0.39, 0.29) is 13.2 Å². The Morgan fingerprint density at radius 1 is 0.638 bits per heavy atom. The van der Waals surface area contributed by atoms with Gasteiger partial charge in [-0.1, -0.05) is 60.7 Å². The molecule has 6 aromatic rings. The number of anilines is 2. The van der Waals surface area contributed by atoms with Gasteiger partial charge in [0.2, 0.25) is 0 Å². The van der Waals surface area contributed by atoms with Crippen LogP contribution in [0.15, 0.2) is 86.0 Å². The minimum Gasteiger partial charge on any atom is -0.364 e. The van der Waals surface area contributed by atoms with Crippen molar-refractivity contribution in [1.29, 1.82) is 0 Å². The molecule has 8 N–H and O–H groups in total. The van der Waals surface area contributed by atoms with Crippen LogP contribution in [0.4, 0.5) is 11.6 Å². The van der Waals surface area contributed by atoms with Crippen LogP contribution in [-0.4, -0.2) is 92.9 Å². The van der Waals surface area contributed by atoms with Crippen LogP contribution in [0.2, 0.25) is 0 Å². The first-order chi connectivity index (χ1) is 27.3. The number of fused-ring (bicyclic) bond motifs is 2. The summed E-state index contributed by atoms with van der Waals surface area (Å²) in [7, 11) is -18.2. The first-order valence-corrected chi connectivity index (χ1v) is 24.3. The highest BCUT2D eigenvalue weighted by Crippen LogP contribution is 2.56. The Kier molecular flexibility index (Phi) is 14.8. The van der Waals surface area contributed by atoms with Crippen LogP contribution in [0.25, 0.3) is 22.3 Å². The van der Waals surface area contributed by atoms with E-state index >= 15 is 0 Å². The molecule has 4 aromatic heterocycles. The molecule has 0 aliphatic rings. The molecule has 22 nitrogen and oxygen atoms in total. The Morgan fingerprint density at radius 3 is 1.66 bits per heavy atom. The fraction of sp³-hybridized carbons (Fsp3) is 0.312. The monoisotopic (exact) mass is 882 g/mol. The second-order valence-electron chi connectivity index (χ2n) is 13.0. The normalized spacial score (nSPS) is 15.2. The predicted octanol–water partition coefficient (Wildman–Crippen LogP) is 4.50. The van der Waals surface area contributed by atoms with Crippen molar-refractivity contribution < 1.29 is 56.7 Å². The molecule has 0 amide bonds. The van der Waals surface area contributed by atoms with Crippen molar-refractivity contribution in [1.82, 2.24) is 39.0 Å². The van der Waals surface area contributed by atoms with Crippen molar-refractivity contribution in [2.75, 3.05) is 29.0 Å². The molecule has 6 rings (SSSR count). The second kappa shape index (κ2) is 19.2. The predicted molar refractivity (Wildman–Crippen MR) is 213 cm³/mol. The molecule has 0 saturated carbocycles. The van der Waals surface area contributed by atoms with E-state index in [0.29, 0.717) is 47.1 Å². The number of aromatic nitrogens is 8. The Bertz CT molecular complexity index is 2480. The molecule has 0 saturated heterocycles. The molecule has 58 heavy (non-hydrogen) atoms. The molecule has 0 bridgehead atoms. The van der Waals surface area contributed by atoms with Crippen molar-refractivity contribution in [2.45, 2.75) is 45.6 Å².